The lowest BCUT2D eigenvalue weighted by molar-refractivity contribution is 0.706. The van der Waals surface area contributed by atoms with E-state index >= 15 is 0 Å². The smallest absolute Gasteiger partial charge is 0.0399 e. The monoisotopic (exact) mass is 228 g/mol. The third kappa shape index (κ3) is 10.1. The van der Waals surface area contributed by atoms with Crippen molar-refractivity contribution in [1.82, 2.24) is 0 Å². The Bertz CT molecular complexity index is 178. The van der Waals surface area contributed by atoms with Gasteiger partial charge in [-0.3, -0.25) is 4.99 Å². The molecule has 0 heterocycles. The van der Waals surface area contributed by atoms with Crippen LogP contribution in [0.4, 0.5) is 0 Å². The van der Waals surface area contributed by atoms with Gasteiger partial charge in [0.15, 0.2) is 0 Å². The first-order valence-electron chi connectivity index (χ1n) is 5.94. The molecule has 2 nitrogen and oxygen atoms in total. The van der Waals surface area contributed by atoms with Crippen LogP contribution in [0.2, 0.25) is 0 Å². The lowest BCUT2D eigenvalue weighted by Crippen LogP contribution is -1.98. The molecule has 0 bridgehead atoms. The second-order valence-electron chi connectivity index (χ2n) is 3.70. The molecular formula is C12H25N2P. The molecule has 3 heteroatoms. The van der Waals surface area contributed by atoms with Crippen molar-refractivity contribution in [3.05, 3.63) is 11.5 Å². The fourth-order valence-electron chi connectivity index (χ4n) is 1.32. The highest BCUT2D eigenvalue weighted by Crippen LogP contribution is 2.20. The molecule has 1 unspecified atom stereocenters. The Hall–Kier alpha value is -0.200. The van der Waals surface area contributed by atoms with E-state index in [0.29, 0.717) is 0 Å². The number of hydrogen-bond donors (Lipinski definition) is 1. The Morgan fingerprint density at radius 3 is 2.73 bits per heavy atom. The van der Waals surface area contributed by atoms with Crippen LogP contribution in [-0.4, -0.2) is 19.4 Å². The molecule has 15 heavy (non-hydrogen) atoms. The predicted octanol–water partition coefficient (Wildman–Crippen LogP) is 3.53. The zero-order chi connectivity index (χ0) is 11.4. The molecule has 0 spiro atoms. The minimum absolute atomic E-state index is 0.743. The van der Waals surface area contributed by atoms with Crippen LogP contribution < -0.4 is 5.73 Å². The van der Waals surface area contributed by atoms with E-state index in [1.54, 1.807) is 0 Å². The summed E-state index contributed by atoms with van der Waals surface area (Å²) in [6.45, 7) is 6.57. The number of unbranched alkanes of at least 4 members (excludes halogenated alkanes) is 3. The van der Waals surface area contributed by atoms with Gasteiger partial charge in [-0.2, -0.15) is 0 Å². The highest BCUT2D eigenvalue weighted by molar-refractivity contribution is 7.41. The molecule has 0 aliphatic carbocycles. The van der Waals surface area contributed by atoms with Crippen LogP contribution in [0.1, 0.15) is 45.4 Å². The normalized spacial score (nSPS) is 12.5. The second-order valence-corrected chi connectivity index (χ2v) is 4.90. The average Bonchev–Trinajstić information content (AvgIpc) is 2.27. The first kappa shape index (κ1) is 14.8. The lowest BCUT2D eigenvalue weighted by Gasteiger charge is -2.00. The van der Waals surface area contributed by atoms with Gasteiger partial charge in [-0.25, -0.2) is 0 Å². The molecule has 0 saturated heterocycles. The maximum atomic E-state index is 5.45. The van der Waals surface area contributed by atoms with Crippen molar-refractivity contribution in [2.24, 2.45) is 10.7 Å². The van der Waals surface area contributed by atoms with E-state index in [-0.39, 0.29) is 0 Å². The summed E-state index contributed by atoms with van der Waals surface area (Å²) in [6, 6.07) is 0. The number of aliphatic imine (C=N–C) groups is 1. The topological polar surface area (TPSA) is 38.4 Å². The molecule has 1 atom stereocenters. The lowest BCUT2D eigenvalue weighted by atomic mass is 10.2. The van der Waals surface area contributed by atoms with Crippen LogP contribution >= 0.6 is 8.58 Å². The molecule has 0 fully saturated rings. The maximum Gasteiger partial charge on any atom is 0.0399 e. The zero-order valence-corrected chi connectivity index (χ0v) is 11.0. The summed E-state index contributed by atoms with van der Waals surface area (Å²) >= 11 is 0. The van der Waals surface area contributed by atoms with Gasteiger partial charge in [0, 0.05) is 5.70 Å². The van der Waals surface area contributed by atoms with Crippen LogP contribution in [0.15, 0.2) is 16.5 Å². The van der Waals surface area contributed by atoms with Crippen molar-refractivity contribution in [2.45, 2.75) is 45.4 Å². The summed E-state index contributed by atoms with van der Waals surface area (Å²) < 4.78 is 0. The Balaban J connectivity index is 3.48. The molecule has 2 N–H and O–H groups in total. The van der Waals surface area contributed by atoms with Gasteiger partial charge in [-0.1, -0.05) is 34.8 Å². The molecule has 88 valence electrons. The van der Waals surface area contributed by atoms with Crippen molar-refractivity contribution in [1.29, 1.82) is 0 Å². The number of nitrogens with two attached hydrogens (primary N) is 1. The van der Waals surface area contributed by atoms with E-state index in [1.807, 2.05) is 0 Å². The third-order valence-corrected chi connectivity index (χ3v) is 3.46. The summed E-state index contributed by atoms with van der Waals surface area (Å²) in [5.41, 5.74) is 6.59. The maximum absolute atomic E-state index is 5.45. The van der Waals surface area contributed by atoms with Gasteiger partial charge < -0.3 is 5.73 Å². The standard InChI is InChI=1S/C12H25N2P/c1-3-4-5-6-10-15-11-12(14-2)8-7-9-13/h11,15H,2-10,13H2,1H3/b12-11-. The van der Waals surface area contributed by atoms with Crippen LogP contribution in [0.25, 0.3) is 0 Å². The van der Waals surface area contributed by atoms with E-state index < -0.39 is 0 Å². The Labute approximate surface area is 96.2 Å². The van der Waals surface area contributed by atoms with Gasteiger partial charge in [-0.05, 0) is 44.5 Å². The Kier molecular flexibility index (Phi) is 11.7. The van der Waals surface area contributed by atoms with Crippen molar-refractivity contribution in [2.75, 3.05) is 12.7 Å². The molecular weight excluding hydrogens is 203 g/mol. The van der Waals surface area contributed by atoms with E-state index in [4.69, 9.17) is 5.73 Å². The van der Waals surface area contributed by atoms with E-state index in [2.05, 4.69) is 24.5 Å². The molecule has 0 aromatic carbocycles. The van der Waals surface area contributed by atoms with Gasteiger partial charge in [0.25, 0.3) is 0 Å². The molecule has 0 aliphatic heterocycles. The SMILES string of the molecule is C=N/C(=C\PCCCCCC)CCCN. The Morgan fingerprint density at radius 1 is 1.33 bits per heavy atom. The van der Waals surface area contributed by atoms with Crippen molar-refractivity contribution in [3.63, 3.8) is 0 Å². The zero-order valence-electron chi connectivity index (χ0n) is 9.97. The molecule has 0 rings (SSSR count). The van der Waals surface area contributed by atoms with Gasteiger partial charge in [0.2, 0.25) is 0 Å². The molecule has 0 aromatic heterocycles. The second kappa shape index (κ2) is 11.9. The average molecular weight is 228 g/mol. The van der Waals surface area contributed by atoms with Crippen LogP contribution in [0.3, 0.4) is 0 Å². The summed E-state index contributed by atoms with van der Waals surface area (Å²) in [6.07, 6.45) is 8.72. The summed E-state index contributed by atoms with van der Waals surface area (Å²) in [7, 11) is 0.905. The van der Waals surface area contributed by atoms with Crippen molar-refractivity contribution < 1.29 is 0 Å². The molecule has 0 saturated carbocycles. The van der Waals surface area contributed by atoms with Gasteiger partial charge >= 0.3 is 0 Å². The highest BCUT2D eigenvalue weighted by Gasteiger charge is 1.93. The predicted molar refractivity (Wildman–Crippen MR) is 73.2 cm³/mol. The number of hydrogen-bond acceptors (Lipinski definition) is 2. The Morgan fingerprint density at radius 2 is 2.13 bits per heavy atom. The molecule has 0 aliphatic rings. The van der Waals surface area contributed by atoms with Gasteiger partial charge in [0.05, 0.1) is 0 Å². The third-order valence-electron chi connectivity index (χ3n) is 2.28. The fourth-order valence-corrected chi connectivity index (χ4v) is 2.39. The molecule has 0 aromatic rings. The van der Waals surface area contributed by atoms with Crippen LogP contribution in [-0.2, 0) is 0 Å². The number of rotatable bonds is 10. The van der Waals surface area contributed by atoms with Gasteiger partial charge in [-0.15, -0.1) is 0 Å². The molecule has 0 amide bonds. The minimum atomic E-state index is 0.743. The van der Waals surface area contributed by atoms with E-state index in [9.17, 15) is 0 Å². The summed E-state index contributed by atoms with van der Waals surface area (Å²) in [5, 5.41) is 0. The largest absolute Gasteiger partial charge is 0.330 e. The summed E-state index contributed by atoms with van der Waals surface area (Å²) in [4.78, 5) is 4.02. The first-order chi connectivity index (χ1) is 7.35. The quantitative estimate of drug-likeness (QED) is 0.347. The van der Waals surface area contributed by atoms with Crippen LogP contribution in [0, 0.1) is 0 Å². The van der Waals surface area contributed by atoms with Gasteiger partial charge in [0.1, 0.15) is 0 Å². The molecule has 0 radical (unpaired) electrons. The van der Waals surface area contributed by atoms with Crippen molar-refractivity contribution >= 4 is 15.3 Å². The number of nitrogens with zero attached hydrogens (tertiary/aromatic N) is 1. The summed E-state index contributed by atoms with van der Waals surface area (Å²) in [5.74, 6) is 2.24. The number of allylic oxidation sites excluding steroid dienone is 1. The fraction of sp³-hybridized carbons (Fsp3) is 0.750. The highest BCUT2D eigenvalue weighted by atomic mass is 31.1. The van der Waals surface area contributed by atoms with Crippen molar-refractivity contribution in [3.8, 4) is 0 Å². The van der Waals surface area contributed by atoms with E-state index in [0.717, 1.165) is 33.7 Å². The minimum Gasteiger partial charge on any atom is -0.330 e. The van der Waals surface area contributed by atoms with E-state index in [1.165, 1.54) is 31.8 Å². The van der Waals surface area contributed by atoms with Crippen LogP contribution in [0.5, 0.6) is 0 Å². The first-order valence-corrected chi connectivity index (χ1v) is 7.22.